The lowest BCUT2D eigenvalue weighted by molar-refractivity contribution is -0.128. The van der Waals surface area contributed by atoms with E-state index in [1.807, 2.05) is 60.7 Å². The monoisotopic (exact) mass is 630 g/mol. The molecule has 6 heteroatoms. The molecule has 6 nitrogen and oxygen atoms in total. The molecule has 0 fully saturated rings. The van der Waals surface area contributed by atoms with Crippen molar-refractivity contribution in [2.75, 3.05) is 9.80 Å². The number of ether oxygens (including phenoxy) is 2. The summed E-state index contributed by atoms with van der Waals surface area (Å²) in [5, 5.41) is 9.82. The van der Waals surface area contributed by atoms with Crippen LogP contribution in [0.25, 0.3) is 11.1 Å². The number of carbonyl (C=O) groups is 1. The molecule has 0 amide bonds. The second-order valence-electron chi connectivity index (χ2n) is 10.8. The average molecular weight is 631 g/mol. The van der Waals surface area contributed by atoms with Gasteiger partial charge in [-0.25, -0.2) is 4.79 Å². The standard InChI is InChI=1S/C42H34N2O4/c1-3-41(45)47-39-27-23-37(24-28-39)44(38-25-29-40(30-26-38)48-42(46)4-2)36-21-17-32(18-22-36)31-15-19-35(20-16-31)43(33-11-7-5-8-12-33)34-13-9-6-10-14-34/h3-30,41,45H,1-2H2. The predicted molar refractivity (Wildman–Crippen MR) is 194 cm³/mol. The molecule has 48 heavy (non-hydrogen) atoms. The number of esters is 1. The van der Waals surface area contributed by atoms with Crippen molar-refractivity contribution in [2.45, 2.75) is 6.29 Å². The second kappa shape index (κ2) is 14.8. The molecule has 0 saturated heterocycles. The predicted octanol–water partition coefficient (Wildman–Crippen LogP) is 10.3. The molecule has 6 rings (SSSR count). The molecule has 0 aliphatic heterocycles. The Labute approximate surface area is 280 Å². The van der Waals surface area contributed by atoms with Gasteiger partial charge in [-0.15, -0.1) is 0 Å². The van der Waals surface area contributed by atoms with Crippen molar-refractivity contribution in [2.24, 2.45) is 0 Å². The molecule has 0 aliphatic carbocycles. The van der Waals surface area contributed by atoms with Crippen LogP contribution in [-0.2, 0) is 4.79 Å². The van der Waals surface area contributed by atoms with Gasteiger partial charge in [-0.05, 0) is 114 Å². The van der Waals surface area contributed by atoms with Gasteiger partial charge in [0.25, 0.3) is 0 Å². The van der Waals surface area contributed by atoms with Crippen LogP contribution < -0.4 is 19.3 Å². The second-order valence-corrected chi connectivity index (χ2v) is 10.8. The molecule has 0 radical (unpaired) electrons. The van der Waals surface area contributed by atoms with Crippen LogP contribution in [0.4, 0.5) is 34.1 Å². The summed E-state index contributed by atoms with van der Waals surface area (Å²) in [5.41, 5.74) is 8.05. The maximum Gasteiger partial charge on any atom is 0.335 e. The first kappa shape index (κ1) is 31.6. The molecule has 0 spiro atoms. The Morgan fingerprint density at radius 2 is 0.875 bits per heavy atom. The summed E-state index contributed by atoms with van der Waals surface area (Å²) in [6, 6.07) is 52.2. The van der Waals surface area contributed by atoms with Gasteiger partial charge in [-0.3, -0.25) is 0 Å². The Kier molecular flexibility index (Phi) is 9.75. The fraction of sp³-hybridized carbons (Fsp3) is 0.0238. The highest BCUT2D eigenvalue weighted by Gasteiger charge is 2.15. The molecule has 0 bridgehead atoms. The number of hydrogen-bond acceptors (Lipinski definition) is 6. The number of rotatable bonds is 12. The first-order chi connectivity index (χ1) is 23.5. The number of carbonyl (C=O) groups excluding carboxylic acids is 1. The molecular weight excluding hydrogens is 596 g/mol. The van der Waals surface area contributed by atoms with Crippen molar-refractivity contribution < 1.29 is 19.4 Å². The van der Waals surface area contributed by atoms with Crippen LogP contribution in [0.1, 0.15) is 0 Å². The average Bonchev–Trinajstić information content (AvgIpc) is 3.14. The van der Waals surface area contributed by atoms with Crippen LogP contribution in [0.15, 0.2) is 183 Å². The highest BCUT2D eigenvalue weighted by molar-refractivity contribution is 5.84. The van der Waals surface area contributed by atoms with Crippen molar-refractivity contribution in [1.29, 1.82) is 0 Å². The molecule has 6 aromatic carbocycles. The largest absolute Gasteiger partial charge is 0.461 e. The number of aliphatic hydroxyl groups excluding tert-OH is 1. The van der Waals surface area contributed by atoms with Crippen LogP contribution >= 0.6 is 0 Å². The molecule has 1 atom stereocenters. The van der Waals surface area contributed by atoms with Gasteiger partial charge in [0.05, 0.1) is 0 Å². The minimum atomic E-state index is -1.10. The third kappa shape index (κ3) is 7.36. The fourth-order valence-corrected chi connectivity index (χ4v) is 5.34. The van der Waals surface area contributed by atoms with E-state index >= 15 is 0 Å². The van der Waals surface area contributed by atoms with E-state index in [1.54, 1.807) is 24.3 Å². The van der Waals surface area contributed by atoms with Crippen molar-refractivity contribution in [3.63, 3.8) is 0 Å². The highest BCUT2D eigenvalue weighted by Crippen LogP contribution is 2.38. The summed E-state index contributed by atoms with van der Waals surface area (Å²) < 4.78 is 10.8. The molecule has 236 valence electrons. The molecular formula is C42H34N2O4. The maximum atomic E-state index is 11.7. The van der Waals surface area contributed by atoms with Crippen molar-refractivity contribution in [1.82, 2.24) is 0 Å². The van der Waals surface area contributed by atoms with E-state index in [4.69, 9.17) is 9.47 Å². The lowest BCUT2D eigenvalue weighted by Crippen LogP contribution is -2.12. The Morgan fingerprint density at radius 3 is 1.25 bits per heavy atom. The third-order valence-electron chi connectivity index (χ3n) is 7.65. The van der Waals surface area contributed by atoms with Crippen LogP contribution in [0, 0.1) is 0 Å². The molecule has 0 heterocycles. The Balaban J connectivity index is 1.30. The van der Waals surface area contributed by atoms with Crippen LogP contribution in [0.3, 0.4) is 0 Å². The fourth-order valence-electron chi connectivity index (χ4n) is 5.34. The molecule has 0 saturated carbocycles. The number of anilines is 6. The Hall–Kier alpha value is -6.37. The summed E-state index contributed by atoms with van der Waals surface area (Å²) in [4.78, 5) is 16.0. The van der Waals surface area contributed by atoms with Crippen LogP contribution in [-0.4, -0.2) is 17.4 Å². The zero-order chi connectivity index (χ0) is 33.3. The topological polar surface area (TPSA) is 62.2 Å². The van der Waals surface area contributed by atoms with E-state index in [2.05, 4.69) is 95.8 Å². The van der Waals surface area contributed by atoms with Gasteiger partial charge in [0.2, 0.25) is 6.29 Å². The SMILES string of the molecule is C=CC(=O)Oc1ccc(N(c2ccc(OC(O)C=C)cc2)c2ccc(-c3ccc(N(c4ccccc4)c4ccccc4)cc3)cc2)cc1. The first-order valence-electron chi connectivity index (χ1n) is 15.4. The molecule has 6 aromatic rings. The van der Waals surface area contributed by atoms with Crippen molar-refractivity contribution in [3.05, 3.63) is 183 Å². The summed E-state index contributed by atoms with van der Waals surface area (Å²) in [7, 11) is 0. The van der Waals surface area contributed by atoms with E-state index in [0.717, 1.165) is 51.3 Å². The van der Waals surface area contributed by atoms with Crippen molar-refractivity contribution >= 4 is 40.1 Å². The minimum Gasteiger partial charge on any atom is -0.461 e. The van der Waals surface area contributed by atoms with Crippen molar-refractivity contribution in [3.8, 4) is 22.6 Å². The van der Waals surface area contributed by atoms with E-state index in [1.165, 1.54) is 6.08 Å². The van der Waals surface area contributed by atoms with Gasteiger partial charge in [-0.1, -0.05) is 73.8 Å². The summed E-state index contributed by atoms with van der Waals surface area (Å²) >= 11 is 0. The number of para-hydroxylation sites is 2. The quantitative estimate of drug-likeness (QED) is 0.0477. The van der Waals surface area contributed by atoms with Gasteiger partial charge in [0.15, 0.2) is 0 Å². The summed E-state index contributed by atoms with van der Waals surface area (Å²) in [5.74, 6) is 0.408. The highest BCUT2D eigenvalue weighted by atomic mass is 16.6. The van der Waals surface area contributed by atoms with Gasteiger partial charge in [0, 0.05) is 40.2 Å². The van der Waals surface area contributed by atoms with Gasteiger partial charge in [-0.2, -0.15) is 0 Å². The van der Waals surface area contributed by atoms with Crippen LogP contribution in [0.5, 0.6) is 11.5 Å². The smallest absolute Gasteiger partial charge is 0.335 e. The summed E-state index contributed by atoms with van der Waals surface area (Å²) in [6.45, 7) is 7.02. The zero-order valence-corrected chi connectivity index (χ0v) is 26.2. The number of aliphatic hydroxyl groups is 1. The lowest BCUT2D eigenvalue weighted by Gasteiger charge is -2.26. The lowest BCUT2D eigenvalue weighted by atomic mass is 10.0. The van der Waals surface area contributed by atoms with E-state index in [0.29, 0.717) is 11.5 Å². The number of hydrogen-bond donors (Lipinski definition) is 1. The van der Waals surface area contributed by atoms with E-state index in [9.17, 15) is 9.90 Å². The molecule has 1 unspecified atom stereocenters. The minimum absolute atomic E-state index is 0.419. The van der Waals surface area contributed by atoms with Gasteiger partial charge < -0.3 is 24.4 Å². The van der Waals surface area contributed by atoms with E-state index < -0.39 is 12.3 Å². The summed E-state index contributed by atoms with van der Waals surface area (Å²) in [6.07, 6.45) is 1.35. The van der Waals surface area contributed by atoms with Gasteiger partial charge >= 0.3 is 5.97 Å². The van der Waals surface area contributed by atoms with E-state index in [-0.39, 0.29) is 0 Å². The zero-order valence-electron chi connectivity index (χ0n) is 26.2. The number of benzene rings is 6. The Morgan fingerprint density at radius 1 is 0.521 bits per heavy atom. The van der Waals surface area contributed by atoms with Gasteiger partial charge in [0.1, 0.15) is 11.5 Å². The normalized spacial score (nSPS) is 11.2. The molecule has 1 N–H and O–H groups in total. The molecule has 0 aliphatic rings. The first-order valence-corrected chi connectivity index (χ1v) is 15.4. The maximum absolute atomic E-state index is 11.7. The number of nitrogens with zero attached hydrogens (tertiary/aromatic N) is 2. The Bertz CT molecular complexity index is 1920. The van der Waals surface area contributed by atoms with Crippen LogP contribution in [0.2, 0.25) is 0 Å². The third-order valence-corrected chi connectivity index (χ3v) is 7.65. The molecule has 0 aromatic heterocycles.